The Morgan fingerprint density at radius 3 is 2.70 bits per heavy atom. The van der Waals surface area contributed by atoms with Crippen molar-refractivity contribution in [2.24, 2.45) is 0 Å². The van der Waals surface area contributed by atoms with Crippen molar-refractivity contribution >= 4 is 22.9 Å². The average Bonchev–Trinajstić information content (AvgIpc) is 3.06. The highest BCUT2D eigenvalue weighted by molar-refractivity contribution is 6.04. The van der Waals surface area contributed by atoms with Crippen LogP contribution in [-0.4, -0.2) is 58.5 Å². The summed E-state index contributed by atoms with van der Waals surface area (Å²) in [6, 6.07) is 3.18. The maximum atomic E-state index is 14.1. The third-order valence-corrected chi connectivity index (χ3v) is 4.89. The summed E-state index contributed by atoms with van der Waals surface area (Å²) in [5, 5.41) is 2.97. The summed E-state index contributed by atoms with van der Waals surface area (Å²) < 4.78 is 19.0. The predicted octanol–water partition coefficient (Wildman–Crippen LogP) is 2.48. The van der Waals surface area contributed by atoms with Crippen LogP contribution in [0.4, 0.5) is 4.39 Å². The van der Waals surface area contributed by atoms with Gasteiger partial charge < -0.3 is 19.9 Å². The minimum atomic E-state index is -0.792. The second kappa shape index (κ2) is 8.04. The van der Waals surface area contributed by atoms with Gasteiger partial charge in [0.05, 0.1) is 12.1 Å². The topological polar surface area (TPSA) is 87.3 Å². The monoisotopic (exact) mass is 376 g/mol. The number of hydrogen-bond acceptors (Lipinski definition) is 5. The number of imidazole rings is 1. The van der Waals surface area contributed by atoms with Gasteiger partial charge in [0.2, 0.25) is 0 Å². The zero-order chi connectivity index (χ0) is 19.6. The molecule has 1 amide bonds. The molecule has 0 atom stereocenters. The van der Waals surface area contributed by atoms with Gasteiger partial charge in [0, 0.05) is 25.2 Å². The summed E-state index contributed by atoms with van der Waals surface area (Å²) in [6.07, 6.45) is 1.74. The van der Waals surface area contributed by atoms with E-state index in [1.165, 1.54) is 6.07 Å². The molecule has 0 spiro atoms. The van der Waals surface area contributed by atoms with Crippen LogP contribution in [-0.2, 0) is 4.74 Å². The van der Waals surface area contributed by atoms with Crippen molar-refractivity contribution in [1.29, 1.82) is 0 Å². The van der Waals surface area contributed by atoms with Gasteiger partial charge in [-0.15, -0.1) is 0 Å². The number of hydrogen-bond donors (Lipinski definition) is 2. The van der Waals surface area contributed by atoms with E-state index in [-0.39, 0.29) is 35.5 Å². The number of rotatable bonds is 5. The van der Waals surface area contributed by atoms with Crippen LogP contribution < -0.4 is 5.32 Å². The molecular weight excluding hydrogens is 351 g/mol. The number of fused-ring (bicyclic) bond motifs is 1. The highest BCUT2D eigenvalue weighted by Crippen LogP contribution is 2.21. The molecule has 1 aliphatic heterocycles. The zero-order valence-corrected chi connectivity index (χ0v) is 15.8. The molecule has 7 nitrogen and oxygen atoms in total. The molecular formula is C19H25FN4O3. The van der Waals surface area contributed by atoms with E-state index in [1.807, 2.05) is 0 Å². The van der Waals surface area contributed by atoms with Crippen molar-refractivity contribution < 1.29 is 18.7 Å². The van der Waals surface area contributed by atoms with E-state index >= 15 is 0 Å². The van der Waals surface area contributed by atoms with Gasteiger partial charge >= 0.3 is 5.97 Å². The van der Waals surface area contributed by atoms with E-state index in [4.69, 9.17) is 4.74 Å². The van der Waals surface area contributed by atoms with Crippen LogP contribution in [0.2, 0.25) is 0 Å². The fourth-order valence-electron chi connectivity index (χ4n) is 3.37. The van der Waals surface area contributed by atoms with Crippen LogP contribution in [0.15, 0.2) is 12.1 Å². The second-order valence-corrected chi connectivity index (χ2v) is 7.00. The Balaban J connectivity index is 1.76. The Kier molecular flexibility index (Phi) is 5.74. The lowest BCUT2D eigenvalue weighted by Crippen LogP contribution is -2.46. The summed E-state index contributed by atoms with van der Waals surface area (Å²) in [7, 11) is 0. The first-order chi connectivity index (χ1) is 12.9. The summed E-state index contributed by atoms with van der Waals surface area (Å²) in [5.74, 6) is -1.81. The summed E-state index contributed by atoms with van der Waals surface area (Å²) in [4.78, 5) is 34.0. The Labute approximate surface area is 157 Å². The number of nitrogens with one attached hydrogen (secondary N) is 2. The van der Waals surface area contributed by atoms with Crippen LogP contribution >= 0.6 is 0 Å². The van der Waals surface area contributed by atoms with E-state index < -0.39 is 11.8 Å². The fourth-order valence-corrected chi connectivity index (χ4v) is 3.37. The molecule has 0 aliphatic carbocycles. The van der Waals surface area contributed by atoms with Gasteiger partial charge in [0.25, 0.3) is 5.91 Å². The lowest BCUT2D eigenvalue weighted by Gasteiger charge is -2.34. The number of benzene rings is 1. The number of esters is 1. The maximum absolute atomic E-state index is 14.1. The number of halogens is 1. The van der Waals surface area contributed by atoms with Gasteiger partial charge in [-0.1, -0.05) is 0 Å². The Morgan fingerprint density at radius 1 is 1.37 bits per heavy atom. The normalized spacial score (nSPS) is 16.0. The molecule has 3 rings (SSSR count). The van der Waals surface area contributed by atoms with Gasteiger partial charge in [0.1, 0.15) is 16.9 Å². The first-order valence-electron chi connectivity index (χ1n) is 9.31. The molecule has 1 aliphatic rings. The standard InChI is InChI=1S/C19H25FN4O3/c1-4-27-19(26)15-13(20)5-6-14-16(15)23-17(22-14)18(25)21-12-7-9-24(10-8-12)11(2)3/h5-6,11-12H,4,7-10H2,1-3H3,(H,21,25)(H,22,23). The molecule has 1 aromatic carbocycles. The fraction of sp³-hybridized carbons (Fsp3) is 0.526. The lowest BCUT2D eigenvalue weighted by atomic mass is 10.0. The summed E-state index contributed by atoms with van der Waals surface area (Å²) in [5.41, 5.74) is 0.266. The number of aromatic amines is 1. The summed E-state index contributed by atoms with van der Waals surface area (Å²) in [6.45, 7) is 7.95. The number of ether oxygens (including phenoxy) is 1. The molecule has 2 heterocycles. The molecule has 0 unspecified atom stereocenters. The van der Waals surface area contributed by atoms with E-state index in [1.54, 1.807) is 6.92 Å². The molecule has 146 valence electrons. The third-order valence-electron chi connectivity index (χ3n) is 4.89. The van der Waals surface area contributed by atoms with E-state index in [0.29, 0.717) is 11.6 Å². The lowest BCUT2D eigenvalue weighted by molar-refractivity contribution is 0.0523. The van der Waals surface area contributed by atoms with Crippen molar-refractivity contribution in [2.75, 3.05) is 19.7 Å². The summed E-state index contributed by atoms with van der Waals surface area (Å²) >= 11 is 0. The van der Waals surface area contributed by atoms with Gasteiger partial charge in [-0.25, -0.2) is 14.2 Å². The first-order valence-corrected chi connectivity index (χ1v) is 9.31. The van der Waals surface area contributed by atoms with Crippen LogP contribution in [0.1, 0.15) is 54.6 Å². The molecule has 0 bridgehead atoms. The minimum Gasteiger partial charge on any atom is -0.462 e. The molecule has 0 saturated carbocycles. The Bertz CT molecular complexity index is 841. The van der Waals surface area contributed by atoms with E-state index in [2.05, 4.69) is 34.0 Å². The molecule has 1 saturated heterocycles. The average molecular weight is 376 g/mol. The first kappa shape index (κ1) is 19.3. The van der Waals surface area contributed by atoms with Crippen LogP contribution in [0.25, 0.3) is 11.0 Å². The van der Waals surface area contributed by atoms with Crippen molar-refractivity contribution in [3.05, 3.63) is 29.3 Å². The molecule has 8 heteroatoms. The number of aromatic nitrogens is 2. The highest BCUT2D eigenvalue weighted by Gasteiger charge is 2.25. The third kappa shape index (κ3) is 4.10. The number of piperidine rings is 1. The van der Waals surface area contributed by atoms with Crippen molar-refractivity contribution in [3.8, 4) is 0 Å². The number of H-pyrrole nitrogens is 1. The zero-order valence-electron chi connectivity index (χ0n) is 15.8. The molecule has 1 aromatic heterocycles. The molecule has 27 heavy (non-hydrogen) atoms. The molecule has 2 aromatic rings. The smallest absolute Gasteiger partial charge is 0.343 e. The number of carbonyl (C=O) groups excluding carboxylic acids is 2. The van der Waals surface area contributed by atoms with Gasteiger partial charge in [-0.3, -0.25) is 4.79 Å². The van der Waals surface area contributed by atoms with E-state index in [0.717, 1.165) is 32.0 Å². The number of amides is 1. The molecule has 1 fully saturated rings. The van der Waals surface area contributed by atoms with Crippen LogP contribution in [0.3, 0.4) is 0 Å². The van der Waals surface area contributed by atoms with Crippen LogP contribution in [0, 0.1) is 5.82 Å². The molecule has 2 N–H and O–H groups in total. The van der Waals surface area contributed by atoms with Gasteiger partial charge in [-0.2, -0.15) is 0 Å². The van der Waals surface area contributed by atoms with Crippen molar-refractivity contribution in [2.45, 2.75) is 45.7 Å². The SMILES string of the molecule is CCOC(=O)c1c(F)ccc2[nH]c(C(=O)NC3CCN(C(C)C)CC3)nc12. The molecule has 0 radical (unpaired) electrons. The van der Waals surface area contributed by atoms with Crippen LogP contribution in [0.5, 0.6) is 0 Å². The maximum Gasteiger partial charge on any atom is 0.343 e. The predicted molar refractivity (Wildman–Crippen MR) is 99.2 cm³/mol. The largest absolute Gasteiger partial charge is 0.462 e. The number of nitrogens with zero attached hydrogens (tertiary/aromatic N) is 2. The highest BCUT2D eigenvalue weighted by atomic mass is 19.1. The van der Waals surface area contributed by atoms with Gasteiger partial charge in [0.15, 0.2) is 5.82 Å². The van der Waals surface area contributed by atoms with Gasteiger partial charge in [-0.05, 0) is 45.7 Å². The van der Waals surface area contributed by atoms with Crippen molar-refractivity contribution in [1.82, 2.24) is 20.2 Å². The minimum absolute atomic E-state index is 0.0624. The van der Waals surface area contributed by atoms with Crippen molar-refractivity contribution in [3.63, 3.8) is 0 Å². The van der Waals surface area contributed by atoms with E-state index in [9.17, 15) is 14.0 Å². The quantitative estimate of drug-likeness (QED) is 0.783. The number of likely N-dealkylation sites (tertiary alicyclic amines) is 1. The second-order valence-electron chi connectivity index (χ2n) is 7.00. The Morgan fingerprint density at radius 2 is 2.07 bits per heavy atom. The Hall–Kier alpha value is -2.48. The number of carbonyl (C=O) groups is 2.